The Morgan fingerprint density at radius 3 is 2.59 bits per heavy atom. The van der Waals surface area contributed by atoms with E-state index < -0.39 is 0 Å². The highest BCUT2D eigenvalue weighted by Gasteiger charge is 2.19. The molecule has 2 aromatic heterocycles. The molecule has 0 bridgehead atoms. The Labute approximate surface area is 163 Å². The topological polar surface area (TPSA) is 58.3 Å². The third-order valence-electron chi connectivity index (χ3n) is 4.78. The highest BCUT2D eigenvalue weighted by atomic mass is 35.5. The Hall–Kier alpha value is -2.44. The van der Waals surface area contributed by atoms with Crippen LogP contribution >= 0.6 is 11.6 Å². The first kappa shape index (κ1) is 17.9. The van der Waals surface area contributed by atoms with Crippen LogP contribution in [0.25, 0.3) is 11.5 Å². The van der Waals surface area contributed by atoms with E-state index in [1.54, 1.807) is 12.4 Å². The molecule has 1 saturated heterocycles. The van der Waals surface area contributed by atoms with E-state index in [4.69, 9.17) is 21.0 Å². The third kappa shape index (κ3) is 4.28. The quantitative estimate of drug-likeness (QED) is 0.682. The summed E-state index contributed by atoms with van der Waals surface area (Å²) in [4.78, 5) is 18.1. The summed E-state index contributed by atoms with van der Waals surface area (Å²) in [5, 5.41) is 0.707. The molecule has 0 aliphatic carbocycles. The molecule has 3 heterocycles. The minimum Gasteiger partial charge on any atom is -0.441 e. The summed E-state index contributed by atoms with van der Waals surface area (Å²) in [6.07, 6.45) is 4.66. The van der Waals surface area contributed by atoms with Crippen LogP contribution in [0.3, 0.4) is 0 Å². The predicted molar refractivity (Wildman–Crippen MR) is 106 cm³/mol. The Morgan fingerprint density at radius 2 is 1.81 bits per heavy atom. The molecule has 0 spiro atoms. The summed E-state index contributed by atoms with van der Waals surface area (Å²) in [5.74, 6) is 2.32. The lowest BCUT2D eigenvalue weighted by atomic mass is 10.2. The fourth-order valence-electron chi connectivity index (χ4n) is 3.29. The summed E-state index contributed by atoms with van der Waals surface area (Å²) >= 11 is 5.97. The zero-order valence-electron chi connectivity index (χ0n) is 15.3. The molecule has 7 heteroatoms. The number of benzene rings is 1. The molecule has 0 saturated carbocycles. The van der Waals surface area contributed by atoms with Crippen LogP contribution in [0.15, 0.2) is 47.1 Å². The number of aryl methyl sites for hydroxylation is 1. The zero-order valence-corrected chi connectivity index (χ0v) is 16.1. The fraction of sp³-hybridized carbons (Fsp3) is 0.350. The van der Waals surface area contributed by atoms with E-state index in [0.29, 0.717) is 10.9 Å². The first-order valence-corrected chi connectivity index (χ1v) is 9.53. The van der Waals surface area contributed by atoms with E-state index in [-0.39, 0.29) is 0 Å². The van der Waals surface area contributed by atoms with Crippen molar-refractivity contribution >= 4 is 17.5 Å². The standard InChI is InChI=1S/C20H22ClN5O/c1-15-18(24-19(27-15)16-4-6-17(21)7-5-16)14-25-10-3-11-26(13-12-25)20-22-8-2-9-23-20/h2,4-9H,3,10-14H2,1H3. The van der Waals surface area contributed by atoms with Crippen molar-refractivity contribution in [2.24, 2.45) is 0 Å². The minimum absolute atomic E-state index is 0.647. The highest BCUT2D eigenvalue weighted by Crippen LogP contribution is 2.24. The van der Waals surface area contributed by atoms with Crippen molar-refractivity contribution in [3.8, 4) is 11.5 Å². The molecule has 1 aliphatic rings. The Balaban J connectivity index is 1.43. The lowest BCUT2D eigenvalue weighted by Gasteiger charge is -2.21. The van der Waals surface area contributed by atoms with Gasteiger partial charge in [0.25, 0.3) is 0 Å². The lowest BCUT2D eigenvalue weighted by Crippen LogP contribution is -2.31. The fourth-order valence-corrected chi connectivity index (χ4v) is 3.41. The molecule has 0 amide bonds. The number of aromatic nitrogens is 3. The molecule has 0 N–H and O–H groups in total. The van der Waals surface area contributed by atoms with Gasteiger partial charge in [0.15, 0.2) is 0 Å². The molecule has 1 fully saturated rings. The van der Waals surface area contributed by atoms with Crippen molar-refractivity contribution in [2.75, 3.05) is 31.1 Å². The van der Waals surface area contributed by atoms with E-state index in [9.17, 15) is 0 Å². The molecular weight excluding hydrogens is 362 g/mol. The van der Waals surface area contributed by atoms with E-state index in [1.807, 2.05) is 37.3 Å². The van der Waals surface area contributed by atoms with Crippen LogP contribution in [0.2, 0.25) is 5.02 Å². The Kier molecular flexibility index (Phi) is 5.36. The van der Waals surface area contributed by atoms with Crippen molar-refractivity contribution in [1.82, 2.24) is 19.9 Å². The van der Waals surface area contributed by atoms with Crippen molar-refractivity contribution in [1.29, 1.82) is 0 Å². The maximum Gasteiger partial charge on any atom is 0.226 e. The number of rotatable bonds is 4. The molecule has 4 rings (SSSR count). The van der Waals surface area contributed by atoms with Crippen LogP contribution in [0.1, 0.15) is 17.9 Å². The smallest absolute Gasteiger partial charge is 0.226 e. The molecular formula is C20H22ClN5O. The molecule has 1 aromatic carbocycles. The summed E-state index contributed by atoms with van der Waals surface area (Å²) in [6.45, 7) is 6.60. The molecule has 6 nitrogen and oxygen atoms in total. The van der Waals surface area contributed by atoms with Crippen LogP contribution in [0.4, 0.5) is 5.95 Å². The molecule has 27 heavy (non-hydrogen) atoms. The molecule has 0 unspecified atom stereocenters. The van der Waals surface area contributed by atoms with E-state index >= 15 is 0 Å². The van der Waals surface area contributed by atoms with Gasteiger partial charge in [0.05, 0.1) is 5.69 Å². The van der Waals surface area contributed by atoms with Crippen molar-refractivity contribution in [3.63, 3.8) is 0 Å². The van der Waals surface area contributed by atoms with Gasteiger partial charge < -0.3 is 9.32 Å². The average Bonchev–Trinajstić information content (AvgIpc) is 2.90. The summed E-state index contributed by atoms with van der Waals surface area (Å²) in [6, 6.07) is 9.41. The van der Waals surface area contributed by atoms with Gasteiger partial charge in [-0.1, -0.05) is 11.6 Å². The summed E-state index contributed by atoms with van der Waals surface area (Å²) in [7, 11) is 0. The van der Waals surface area contributed by atoms with Gasteiger partial charge in [-0.2, -0.15) is 0 Å². The van der Waals surface area contributed by atoms with Gasteiger partial charge in [-0.25, -0.2) is 15.0 Å². The number of halogens is 1. The maximum absolute atomic E-state index is 5.97. The summed E-state index contributed by atoms with van der Waals surface area (Å²) in [5.41, 5.74) is 1.93. The van der Waals surface area contributed by atoms with E-state index in [2.05, 4.69) is 19.8 Å². The van der Waals surface area contributed by atoms with Crippen LogP contribution in [-0.2, 0) is 6.54 Å². The Bertz CT molecular complexity index is 881. The van der Waals surface area contributed by atoms with Gasteiger partial charge >= 0.3 is 0 Å². The van der Waals surface area contributed by atoms with Gasteiger partial charge in [0.1, 0.15) is 5.76 Å². The third-order valence-corrected chi connectivity index (χ3v) is 5.03. The SMILES string of the molecule is Cc1oc(-c2ccc(Cl)cc2)nc1CN1CCCN(c2ncccn2)CC1. The van der Waals surface area contributed by atoms with E-state index in [0.717, 1.165) is 62.1 Å². The van der Waals surface area contributed by atoms with Crippen LogP contribution in [0.5, 0.6) is 0 Å². The van der Waals surface area contributed by atoms with Gasteiger partial charge in [-0.3, -0.25) is 4.90 Å². The largest absolute Gasteiger partial charge is 0.441 e. The highest BCUT2D eigenvalue weighted by molar-refractivity contribution is 6.30. The molecule has 0 atom stereocenters. The maximum atomic E-state index is 5.97. The minimum atomic E-state index is 0.647. The number of hydrogen-bond acceptors (Lipinski definition) is 6. The number of anilines is 1. The predicted octanol–water partition coefficient (Wildman–Crippen LogP) is 3.81. The second-order valence-electron chi connectivity index (χ2n) is 6.69. The average molecular weight is 384 g/mol. The molecule has 140 valence electrons. The van der Waals surface area contributed by atoms with Gasteiger partial charge in [0, 0.05) is 55.7 Å². The number of oxazole rings is 1. The van der Waals surface area contributed by atoms with Gasteiger partial charge in [0.2, 0.25) is 11.8 Å². The van der Waals surface area contributed by atoms with Crippen LogP contribution in [0, 0.1) is 6.92 Å². The molecule has 3 aromatic rings. The normalized spacial score (nSPS) is 15.7. The van der Waals surface area contributed by atoms with Crippen LogP contribution in [-0.4, -0.2) is 46.0 Å². The first-order chi connectivity index (χ1) is 13.2. The van der Waals surface area contributed by atoms with Gasteiger partial charge in [-0.05, 0) is 43.7 Å². The first-order valence-electron chi connectivity index (χ1n) is 9.15. The molecule has 0 radical (unpaired) electrons. The second kappa shape index (κ2) is 8.06. The summed E-state index contributed by atoms with van der Waals surface area (Å²) < 4.78 is 5.89. The van der Waals surface area contributed by atoms with Crippen LogP contribution < -0.4 is 4.90 Å². The zero-order chi connectivity index (χ0) is 18.6. The van der Waals surface area contributed by atoms with Crippen molar-refractivity contribution < 1.29 is 4.42 Å². The number of hydrogen-bond donors (Lipinski definition) is 0. The van der Waals surface area contributed by atoms with Gasteiger partial charge in [-0.15, -0.1) is 0 Å². The van der Waals surface area contributed by atoms with Crippen molar-refractivity contribution in [2.45, 2.75) is 19.9 Å². The second-order valence-corrected chi connectivity index (χ2v) is 7.13. The van der Waals surface area contributed by atoms with E-state index in [1.165, 1.54) is 0 Å². The Morgan fingerprint density at radius 1 is 1.04 bits per heavy atom. The molecule has 1 aliphatic heterocycles. The number of nitrogens with zero attached hydrogens (tertiary/aromatic N) is 5. The lowest BCUT2D eigenvalue weighted by molar-refractivity contribution is 0.281. The van der Waals surface area contributed by atoms with Crippen molar-refractivity contribution in [3.05, 3.63) is 59.2 Å². The monoisotopic (exact) mass is 383 g/mol.